The van der Waals surface area contributed by atoms with Crippen molar-refractivity contribution in [2.45, 2.75) is 19.5 Å². The third-order valence-corrected chi connectivity index (χ3v) is 3.91. The number of imidazole rings is 1. The number of H-pyrrole nitrogens is 1. The first-order chi connectivity index (χ1) is 11.1. The van der Waals surface area contributed by atoms with E-state index in [1.165, 1.54) is 4.40 Å². The number of carbonyl (C=O) groups is 1. The maximum absolute atomic E-state index is 13.0. The maximum atomic E-state index is 13.0. The van der Waals surface area contributed by atoms with Crippen LogP contribution in [0.1, 0.15) is 28.7 Å². The van der Waals surface area contributed by atoms with Crippen molar-refractivity contribution in [3.8, 4) is 0 Å². The highest BCUT2D eigenvalue weighted by atomic mass is 35.5. The smallest absolute Gasteiger partial charge is 0.417 e. The normalized spacial score (nSPS) is 12.2. The molecule has 1 aromatic carbocycles. The number of carboxylic acid groups (broad SMARTS) is 1. The van der Waals surface area contributed by atoms with E-state index < -0.39 is 28.3 Å². The van der Waals surface area contributed by atoms with Crippen molar-refractivity contribution in [1.29, 1.82) is 0 Å². The van der Waals surface area contributed by atoms with Crippen molar-refractivity contribution in [3.63, 3.8) is 0 Å². The average Bonchev–Trinajstić information content (AvgIpc) is 2.87. The average molecular weight is 360 g/mol. The zero-order chi connectivity index (χ0) is 17.8. The summed E-state index contributed by atoms with van der Waals surface area (Å²) in [6.07, 6.45) is -4.48. The summed E-state index contributed by atoms with van der Waals surface area (Å²) >= 11 is 5.73. The second-order valence-electron chi connectivity index (χ2n) is 5.03. The van der Waals surface area contributed by atoms with Crippen molar-refractivity contribution < 1.29 is 23.1 Å². The lowest BCUT2D eigenvalue weighted by Gasteiger charge is -2.12. The molecule has 0 amide bonds. The predicted molar refractivity (Wildman–Crippen MR) is 79.7 cm³/mol. The molecule has 0 bridgehead atoms. The van der Waals surface area contributed by atoms with Crippen LogP contribution >= 0.6 is 11.6 Å². The Kier molecular flexibility index (Phi) is 3.56. The summed E-state index contributed by atoms with van der Waals surface area (Å²) in [5, 5.41) is 8.64. The van der Waals surface area contributed by atoms with Crippen LogP contribution in [0.4, 0.5) is 13.2 Å². The molecule has 0 aliphatic rings. The number of aryl methyl sites for hydroxylation is 1. The standard InChI is InChI=1S/C14H9ClF3N3O3/c1-2-8-10(13(23)24)20-11-12(22)19-7-3-5(14(16,17)18)6(15)4-9(7)21(8)11/h3-4H,2H2,1H3,(H,19,22)(H,23,24). The molecule has 0 atom stereocenters. The highest BCUT2D eigenvalue weighted by molar-refractivity contribution is 6.32. The van der Waals surface area contributed by atoms with Crippen LogP contribution in [0.15, 0.2) is 16.9 Å². The Labute approximate surface area is 136 Å². The Balaban J connectivity index is 2.53. The fourth-order valence-electron chi connectivity index (χ4n) is 2.61. The molecule has 0 radical (unpaired) electrons. The van der Waals surface area contributed by atoms with Crippen molar-refractivity contribution in [2.75, 3.05) is 0 Å². The Morgan fingerprint density at radius 2 is 2.08 bits per heavy atom. The molecule has 0 aliphatic heterocycles. The summed E-state index contributed by atoms with van der Waals surface area (Å²) in [4.78, 5) is 29.5. The number of halogens is 4. The van der Waals surface area contributed by atoms with Crippen LogP contribution in [0.5, 0.6) is 0 Å². The Hall–Kier alpha value is -2.55. The molecule has 2 N–H and O–H groups in total. The highest BCUT2D eigenvalue weighted by Crippen LogP contribution is 2.36. The molecule has 3 rings (SSSR count). The summed E-state index contributed by atoms with van der Waals surface area (Å²) in [5.41, 5.74) is -2.21. The van der Waals surface area contributed by atoms with Gasteiger partial charge in [0, 0.05) is 0 Å². The molecule has 0 spiro atoms. The van der Waals surface area contributed by atoms with Crippen molar-refractivity contribution in [1.82, 2.24) is 14.4 Å². The molecule has 0 saturated carbocycles. The summed E-state index contributed by atoms with van der Waals surface area (Å²) < 4.78 is 40.1. The maximum Gasteiger partial charge on any atom is 0.417 e. The van der Waals surface area contributed by atoms with Gasteiger partial charge in [0.1, 0.15) is 0 Å². The number of hydrogen-bond acceptors (Lipinski definition) is 3. The van der Waals surface area contributed by atoms with E-state index in [9.17, 15) is 27.9 Å². The number of nitrogens with zero attached hydrogens (tertiary/aromatic N) is 2. The predicted octanol–water partition coefficient (Wildman–Crippen LogP) is 3.11. The van der Waals surface area contributed by atoms with E-state index in [1.807, 2.05) is 0 Å². The van der Waals surface area contributed by atoms with Crippen LogP contribution < -0.4 is 5.56 Å². The Bertz CT molecular complexity index is 1050. The van der Waals surface area contributed by atoms with Gasteiger partial charge in [-0.15, -0.1) is 0 Å². The van der Waals surface area contributed by atoms with Crippen LogP contribution in [0.2, 0.25) is 5.02 Å². The second kappa shape index (κ2) is 5.23. The number of nitrogens with one attached hydrogen (secondary N) is 1. The van der Waals surface area contributed by atoms with Crippen LogP contribution in [0.25, 0.3) is 16.7 Å². The molecule has 2 heterocycles. The van der Waals surface area contributed by atoms with Crippen LogP contribution in [-0.4, -0.2) is 25.4 Å². The number of benzene rings is 1. The van der Waals surface area contributed by atoms with Gasteiger partial charge in [0.25, 0.3) is 5.56 Å². The molecular weight excluding hydrogens is 351 g/mol. The summed E-state index contributed by atoms with van der Waals surface area (Å²) in [7, 11) is 0. The molecule has 0 fully saturated rings. The van der Waals surface area contributed by atoms with Crippen molar-refractivity contribution >= 4 is 34.3 Å². The van der Waals surface area contributed by atoms with E-state index in [4.69, 9.17) is 11.6 Å². The van der Waals surface area contributed by atoms with Gasteiger partial charge in [-0.3, -0.25) is 9.20 Å². The number of alkyl halides is 3. The van der Waals surface area contributed by atoms with Crippen LogP contribution in [0.3, 0.4) is 0 Å². The van der Waals surface area contributed by atoms with Gasteiger partial charge in [0.2, 0.25) is 5.65 Å². The third-order valence-electron chi connectivity index (χ3n) is 3.59. The minimum absolute atomic E-state index is 0.117. The summed E-state index contributed by atoms with van der Waals surface area (Å²) in [6.45, 7) is 1.65. The number of aromatic carboxylic acids is 1. The van der Waals surface area contributed by atoms with Gasteiger partial charge in [-0.05, 0) is 18.6 Å². The fraction of sp³-hybridized carbons (Fsp3) is 0.214. The minimum Gasteiger partial charge on any atom is -0.476 e. The fourth-order valence-corrected chi connectivity index (χ4v) is 2.87. The molecule has 10 heteroatoms. The number of hydrogen-bond donors (Lipinski definition) is 2. The van der Waals surface area contributed by atoms with E-state index in [1.54, 1.807) is 6.92 Å². The number of aromatic nitrogens is 3. The molecule has 6 nitrogen and oxygen atoms in total. The van der Waals surface area contributed by atoms with E-state index in [0.717, 1.165) is 12.1 Å². The van der Waals surface area contributed by atoms with E-state index >= 15 is 0 Å². The minimum atomic E-state index is -4.69. The monoisotopic (exact) mass is 359 g/mol. The number of carboxylic acids is 1. The first kappa shape index (κ1) is 16.3. The molecule has 126 valence electrons. The first-order valence-corrected chi connectivity index (χ1v) is 7.10. The summed E-state index contributed by atoms with van der Waals surface area (Å²) in [5.74, 6) is -1.33. The largest absolute Gasteiger partial charge is 0.476 e. The number of rotatable bonds is 2. The molecule has 0 saturated heterocycles. The molecular formula is C14H9ClF3N3O3. The molecule has 2 aromatic heterocycles. The SMILES string of the molecule is CCc1c(C(=O)O)nc2c(=O)[nH]c3cc(C(F)(F)F)c(Cl)cc3n12. The van der Waals surface area contributed by atoms with Gasteiger partial charge in [0.15, 0.2) is 5.69 Å². The highest BCUT2D eigenvalue weighted by Gasteiger charge is 2.34. The van der Waals surface area contributed by atoms with Gasteiger partial charge in [-0.25, -0.2) is 9.78 Å². The molecule has 0 unspecified atom stereocenters. The van der Waals surface area contributed by atoms with Gasteiger partial charge in [-0.1, -0.05) is 18.5 Å². The Morgan fingerprint density at radius 3 is 2.62 bits per heavy atom. The second-order valence-corrected chi connectivity index (χ2v) is 5.43. The lowest BCUT2D eigenvalue weighted by molar-refractivity contribution is -0.137. The zero-order valence-electron chi connectivity index (χ0n) is 12.0. The Morgan fingerprint density at radius 1 is 1.42 bits per heavy atom. The first-order valence-electron chi connectivity index (χ1n) is 6.72. The van der Waals surface area contributed by atoms with Gasteiger partial charge < -0.3 is 10.1 Å². The van der Waals surface area contributed by atoms with Crippen molar-refractivity contribution in [3.05, 3.63) is 44.5 Å². The molecule has 0 aliphatic carbocycles. The zero-order valence-corrected chi connectivity index (χ0v) is 12.8. The van der Waals surface area contributed by atoms with E-state index in [-0.39, 0.29) is 34.5 Å². The summed E-state index contributed by atoms with van der Waals surface area (Å²) in [6, 6.07) is 1.76. The van der Waals surface area contributed by atoms with Gasteiger partial charge >= 0.3 is 12.1 Å². The number of aromatic amines is 1. The quantitative estimate of drug-likeness (QED) is 0.736. The van der Waals surface area contributed by atoms with Crippen LogP contribution in [-0.2, 0) is 12.6 Å². The van der Waals surface area contributed by atoms with Gasteiger partial charge in [-0.2, -0.15) is 13.2 Å². The van der Waals surface area contributed by atoms with Crippen molar-refractivity contribution in [2.24, 2.45) is 0 Å². The lowest BCUT2D eigenvalue weighted by atomic mass is 10.1. The topological polar surface area (TPSA) is 87.5 Å². The lowest BCUT2D eigenvalue weighted by Crippen LogP contribution is -2.13. The van der Waals surface area contributed by atoms with Crippen LogP contribution in [0, 0.1) is 0 Å². The van der Waals surface area contributed by atoms with Gasteiger partial charge in [0.05, 0.1) is 27.3 Å². The molecule has 3 aromatic rings. The van der Waals surface area contributed by atoms with E-state index in [2.05, 4.69) is 9.97 Å². The number of fused-ring (bicyclic) bond motifs is 3. The third kappa shape index (κ3) is 2.32. The van der Waals surface area contributed by atoms with E-state index in [0.29, 0.717) is 0 Å². The molecule has 24 heavy (non-hydrogen) atoms.